The van der Waals surface area contributed by atoms with E-state index in [1.165, 1.54) is 0 Å². The first kappa shape index (κ1) is 26.0. The van der Waals surface area contributed by atoms with Crippen molar-refractivity contribution >= 4 is 23.2 Å². The summed E-state index contributed by atoms with van der Waals surface area (Å²) in [6, 6.07) is 9.27. The van der Waals surface area contributed by atoms with Gasteiger partial charge in [0.2, 0.25) is 5.82 Å². The number of halogens is 5. The fourth-order valence-corrected chi connectivity index (χ4v) is 3.56. The number of rotatable bonds is 4. The van der Waals surface area contributed by atoms with Crippen LogP contribution in [0, 0.1) is 6.92 Å². The Labute approximate surface area is 196 Å². The molecular weight excluding hydrogens is 477 g/mol. The van der Waals surface area contributed by atoms with Crippen LogP contribution in [-0.4, -0.2) is 51.4 Å². The number of imidazole rings is 1. The molecule has 0 bridgehead atoms. The number of piperidine rings is 1. The minimum Gasteiger partial charge on any atom is -0.542 e. The third-order valence-electron chi connectivity index (χ3n) is 5.41. The zero-order valence-corrected chi connectivity index (χ0v) is 18.5. The Hall–Kier alpha value is -3.61. The highest BCUT2D eigenvalue weighted by atomic mass is 19.4. The molecule has 0 saturated carbocycles. The van der Waals surface area contributed by atoms with Crippen LogP contribution in [0.4, 0.5) is 27.8 Å². The molecule has 4 heterocycles. The van der Waals surface area contributed by atoms with E-state index in [1.807, 2.05) is 31.2 Å². The van der Waals surface area contributed by atoms with E-state index in [9.17, 15) is 26.7 Å². The molecule has 1 fully saturated rings. The second-order valence-electron chi connectivity index (χ2n) is 8.03. The van der Waals surface area contributed by atoms with Gasteiger partial charge in [-0.1, -0.05) is 12.1 Å². The van der Waals surface area contributed by atoms with E-state index in [0.29, 0.717) is 25.5 Å². The molecule has 8 nitrogen and oxygen atoms in total. The van der Waals surface area contributed by atoms with E-state index >= 15 is 0 Å². The van der Waals surface area contributed by atoms with E-state index in [1.54, 1.807) is 22.9 Å². The van der Waals surface area contributed by atoms with Crippen molar-refractivity contribution in [3.05, 3.63) is 59.8 Å². The summed E-state index contributed by atoms with van der Waals surface area (Å²) in [5.74, 6) is -5.17. The Morgan fingerprint density at radius 1 is 1.17 bits per heavy atom. The molecule has 1 aliphatic heterocycles. The number of carbonyl (C=O) groups excluding carboxylic acids is 2. The second-order valence-corrected chi connectivity index (χ2v) is 8.03. The first-order valence-electron chi connectivity index (χ1n) is 10.6. The molecule has 35 heavy (non-hydrogen) atoms. The van der Waals surface area contributed by atoms with Crippen LogP contribution in [0.2, 0.25) is 0 Å². The van der Waals surface area contributed by atoms with Crippen LogP contribution >= 0.6 is 0 Å². The lowest BCUT2D eigenvalue weighted by molar-refractivity contribution is -0.921. The fourth-order valence-electron chi connectivity index (χ4n) is 3.56. The van der Waals surface area contributed by atoms with Gasteiger partial charge in [-0.15, -0.1) is 0 Å². The molecule has 4 rings (SSSR count). The maximum absolute atomic E-state index is 13.4. The van der Waals surface area contributed by atoms with Gasteiger partial charge in [0.1, 0.15) is 24.0 Å². The molecule has 3 aromatic rings. The number of carboxylic acid groups (broad SMARTS) is 1. The van der Waals surface area contributed by atoms with Gasteiger partial charge in [-0.05, 0) is 30.7 Å². The number of nitrogens with zero attached hydrogens (tertiary/aromatic N) is 3. The average Bonchev–Trinajstić information content (AvgIpc) is 3.15. The molecule has 1 saturated heterocycles. The lowest BCUT2D eigenvalue weighted by Crippen LogP contribution is -3.12. The number of anilines is 1. The average molecular weight is 499 g/mol. The predicted octanol–water partition coefficient (Wildman–Crippen LogP) is 1.40. The van der Waals surface area contributed by atoms with Gasteiger partial charge in [-0.25, -0.2) is 18.7 Å². The number of carboxylic acids is 1. The molecular formula is C22H22F5N5O3. The van der Waals surface area contributed by atoms with Crippen molar-refractivity contribution in [3.8, 4) is 0 Å². The first-order valence-corrected chi connectivity index (χ1v) is 10.6. The first-order chi connectivity index (χ1) is 16.4. The minimum absolute atomic E-state index is 0.111. The van der Waals surface area contributed by atoms with Crippen LogP contribution in [-0.2, 0) is 11.3 Å². The van der Waals surface area contributed by atoms with Gasteiger partial charge < -0.3 is 20.1 Å². The number of quaternary nitrogens is 1. The number of likely N-dealkylation sites (tertiary alicyclic amines) is 1. The zero-order chi connectivity index (χ0) is 25.8. The largest absolute Gasteiger partial charge is 0.542 e. The summed E-state index contributed by atoms with van der Waals surface area (Å²) in [6.45, 7) is 3.17. The summed E-state index contributed by atoms with van der Waals surface area (Å²) in [4.78, 5) is 31.4. The van der Waals surface area contributed by atoms with Crippen molar-refractivity contribution in [3.63, 3.8) is 0 Å². The lowest BCUT2D eigenvalue weighted by Gasteiger charge is -2.28. The topological polar surface area (TPSA) is 104 Å². The van der Waals surface area contributed by atoms with E-state index in [4.69, 9.17) is 9.90 Å². The van der Waals surface area contributed by atoms with Crippen molar-refractivity contribution in [2.45, 2.75) is 38.4 Å². The highest BCUT2D eigenvalue weighted by Gasteiger charge is 2.37. The molecule has 0 radical (unpaired) electrons. The standard InChI is InChI=1S/C20H21F2N5O.C2HF3O2/c1-14-5-4-9-23-17(14)25-19(28)18-24-15(16-6-2-3-10-27(16)18)13-26-11-7-20(21,22)8-12-26;3-2(4,5)1(6)7/h2-6,9-10H,7-8,11-13H2,1H3,(H,23,25,28);(H,6,7). The maximum atomic E-state index is 13.4. The summed E-state index contributed by atoms with van der Waals surface area (Å²) in [5, 5.41) is 11.6. The van der Waals surface area contributed by atoms with E-state index in [0.717, 1.165) is 21.7 Å². The highest BCUT2D eigenvalue weighted by Crippen LogP contribution is 2.23. The molecule has 2 N–H and O–H groups in total. The third-order valence-corrected chi connectivity index (χ3v) is 5.41. The molecule has 1 aliphatic rings. The molecule has 0 unspecified atom stereocenters. The van der Waals surface area contributed by atoms with Crippen molar-refractivity contribution in [1.82, 2.24) is 14.4 Å². The predicted molar refractivity (Wildman–Crippen MR) is 112 cm³/mol. The van der Waals surface area contributed by atoms with Crippen molar-refractivity contribution in [2.75, 3.05) is 18.4 Å². The van der Waals surface area contributed by atoms with E-state index in [2.05, 4.69) is 15.3 Å². The van der Waals surface area contributed by atoms with Crippen molar-refractivity contribution < 1.29 is 41.5 Å². The van der Waals surface area contributed by atoms with Gasteiger partial charge >= 0.3 is 6.18 Å². The van der Waals surface area contributed by atoms with Gasteiger partial charge in [-0.3, -0.25) is 9.20 Å². The fraction of sp³-hybridized carbons (Fsp3) is 0.364. The molecule has 0 spiro atoms. The number of nitrogens with one attached hydrogen (secondary N) is 2. The van der Waals surface area contributed by atoms with Gasteiger partial charge in [-0.2, -0.15) is 13.2 Å². The molecule has 188 valence electrons. The number of fused-ring (bicyclic) bond motifs is 1. The van der Waals surface area contributed by atoms with Crippen LogP contribution in [0.3, 0.4) is 0 Å². The Bertz CT molecular complexity index is 1200. The summed E-state index contributed by atoms with van der Waals surface area (Å²) in [7, 11) is 0. The van der Waals surface area contributed by atoms with Gasteiger partial charge in [0.05, 0.1) is 31.4 Å². The number of carbonyl (C=O) groups is 2. The molecule has 3 aromatic heterocycles. The summed E-state index contributed by atoms with van der Waals surface area (Å²) < 4.78 is 60.1. The second kappa shape index (κ2) is 10.3. The van der Waals surface area contributed by atoms with Crippen LogP contribution < -0.4 is 15.3 Å². The molecule has 1 amide bonds. The Morgan fingerprint density at radius 3 is 2.43 bits per heavy atom. The number of amides is 1. The zero-order valence-electron chi connectivity index (χ0n) is 18.5. The van der Waals surface area contributed by atoms with Crippen molar-refractivity contribution in [1.29, 1.82) is 0 Å². The Morgan fingerprint density at radius 2 is 1.83 bits per heavy atom. The van der Waals surface area contributed by atoms with Crippen LogP contribution in [0.5, 0.6) is 0 Å². The van der Waals surface area contributed by atoms with E-state index < -0.39 is 18.1 Å². The normalized spacial score (nSPS) is 15.8. The molecule has 0 atom stereocenters. The maximum Gasteiger partial charge on any atom is 0.430 e. The molecule has 13 heteroatoms. The van der Waals surface area contributed by atoms with Crippen molar-refractivity contribution in [2.24, 2.45) is 0 Å². The van der Waals surface area contributed by atoms with E-state index in [-0.39, 0.29) is 24.6 Å². The van der Waals surface area contributed by atoms with Crippen LogP contribution in [0.25, 0.3) is 5.52 Å². The third kappa shape index (κ3) is 6.72. The Kier molecular flexibility index (Phi) is 7.68. The number of hydrogen-bond donors (Lipinski definition) is 2. The molecule has 0 aromatic carbocycles. The number of alkyl halides is 5. The minimum atomic E-state index is -5.19. The summed E-state index contributed by atoms with van der Waals surface area (Å²) in [5.41, 5.74) is 2.41. The number of aromatic nitrogens is 3. The monoisotopic (exact) mass is 499 g/mol. The quantitative estimate of drug-likeness (QED) is 0.529. The van der Waals surface area contributed by atoms with Gasteiger partial charge in [0.25, 0.3) is 11.8 Å². The van der Waals surface area contributed by atoms with Crippen LogP contribution in [0.1, 0.15) is 34.7 Å². The van der Waals surface area contributed by atoms with Gasteiger partial charge in [0.15, 0.2) is 0 Å². The number of pyridine rings is 2. The van der Waals surface area contributed by atoms with Gasteiger partial charge in [0, 0.05) is 12.4 Å². The van der Waals surface area contributed by atoms with Crippen LogP contribution in [0.15, 0.2) is 42.7 Å². The molecule has 0 aliphatic carbocycles. The number of aliphatic carboxylic acids is 1. The number of aryl methyl sites for hydroxylation is 1. The SMILES string of the molecule is Cc1cccnc1NC(=O)c1nc(C[NH+]2CCC(F)(F)CC2)c2ccccn12.O=C([O-])C(F)(F)F. The summed E-state index contributed by atoms with van der Waals surface area (Å²) >= 11 is 0. The smallest absolute Gasteiger partial charge is 0.430 e. The Balaban J connectivity index is 0.000000429. The summed E-state index contributed by atoms with van der Waals surface area (Å²) in [6.07, 6.45) is -2.01. The highest BCUT2D eigenvalue weighted by molar-refractivity contribution is 6.02. The number of hydrogen-bond acceptors (Lipinski definition) is 5. The lowest BCUT2D eigenvalue weighted by atomic mass is 10.1.